The molecule has 0 aromatic heterocycles. The summed E-state index contributed by atoms with van der Waals surface area (Å²) in [4.78, 5) is 0. The first-order valence-corrected chi connectivity index (χ1v) is 32.2. The number of aliphatic hydroxyl groups excluding tert-OH is 2. The van der Waals surface area contributed by atoms with Crippen molar-refractivity contribution in [1.82, 2.24) is 0 Å². The predicted molar refractivity (Wildman–Crippen MR) is 239 cm³/mol. The highest BCUT2D eigenvalue weighted by molar-refractivity contribution is 6.75. The van der Waals surface area contributed by atoms with E-state index < -0.39 is 44.8 Å². The van der Waals surface area contributed by atoms with Crippen molar-refractivity contribution in [1.29, 1.82) is 0 Å². The average molecular weight is 813 g/mol. The van der Waals surface area contributed by atoms with Gasteiger partial charge in [-0.15, -0.1) is 11.8 Å². The van der Waals surface area contributed by atoms with Crippen LogP contribution in [0.1, 0.15) is 79.4 Å². The van der Waals surface area contributed by atoms with Gasteiger partial charge < -0.3 is 27.9 Å². The molecule has 0 heterocycles. The van der Waals surface area contributed by atoms with Crippen LogP contribution in [0, 0.1) is 35.5 Å². The van der Waals surface area contributed by atoms with Crippen LogP contribution in [0.2, 0.25) is 75.5 Å². The van der Waals surface area contributed by atoms with Crippen LogP contribution in [0.4, 0.5) is 0 Å². The standard InChI is InChI=1S/2C22H38O3Si2/c2*1-19(15-13-14-18-23)22(24-26(5,6)7,20-16-11-10-12-17-20)25-27(8,9)21(2,3)4/h2*10-12,16-17,19,23H,15,18H2,1-9H3/t2*19-,22-/m11/s1. The molecule has 0 radical (unpaired) electrons. The summed E-state index contributed by atoms with van der Waals surface area (Å²) in [6.07, 6.45) is 1.21. The fraction of sp³-hybridized carbons (Fsp3) is 0.636. The Hall–Kier alpha value is -1.81. The van der Waals surface area contributed by atoms with Crippen LogP contribution in [0.15, 0.2) is 60.7 Å². The highest BCUT2D eigenvalue weighted by atomic mass is 28.4. The molecule has 0 saturated carbocycles. The van der Waals surface area contributed by atoms with Gasteiger partial charge in [-0.3, -0.25) is 0 Å². The van der Waals surface area contributed by atoms with Crippen molar-refractivity contribution >= 4 is 33.3 Å². The van der Waals surface area contributed by atoms with Gasteiger partial charge in [0.2, 0.25) is 0 Å². The van der Waals surface area contributed by atoms with E-state index in [1.54, 1.807) is 0 Å². The molecule has 304 valence electrons. The molecule has 2 N–H and O–H groups in total. The SMILES string of the molecule is C[C@H](CC#CCO)[C@@](O[Si](C)(C)C)(O[Si](C)(C)C(C)(C)C)c1ccccc1.C[C@H](CC#CCO)[C@@](O[Si](C)(C)C)(O[Si](C)(C)C(C)(C)C)c1ccccc1. The van der Waals surface area contributed by atoms with Crippen molar-refractivity contribution < 1.29 is 27.9 Å². The predicted octanol–water partition coefficient (Wildman–Crippen LogP) is 11.5. The average Bonchev–Trinajstić information content (AvgIpc) is 3.02. The van der Waals surface area contributed by atoms with E-state index in [4.69, 9.17) is 27.9 Å². The summed E-state index contributed by atoms with van der Waals surface area (Å²) < 4.78 is 27.8. The Labute approximate surface area is 335 Å². The van der Waals surface area contributed by atoms with Crippen molar-refractivity contribution in [3.63, 3.8) is 0 Å². The van der Waals surface area contributed by atoms with E-state index in [0.29, 0.717) is 12.8 Å². The van der Waals surface area contributed by atoms with Gasteiger partial charge in [0.25, 0.3) is 0 Å². The number of hydrogen-bond donors (Lipinski definition) is 2. The van der Waals surface area contributed by atoms with Gasteiger partial charge in [-0.1, -0.05) is 128 Å². The Morgan fingerprint density at radius 1 is 0.481 bits per heavy atom. The maximum atomic E-state index is 9.06. The van der Waals surface area contributed by atoms with Crippen LogP contribution in [0.5, 0.6) is 0 Å². The lowest BCUT2D eigenvalue weighted by Crippen LogP contribution is -2.55. The topological polar surface area (TPSA) is 77.4 Å². The van der Waals surface area contributed by atoms with E-state index >= 15 is 0 Å². The van der Waals surface area contributed by atoms with Crippen LogP contribution in [-0.4, -0.2) is 56.7 Å². The normalized spacial score (nSPS) is 16.2. The molecular weight excluding hydrogens is 737 g/mol. The first kappa shape index (κ1) is 50.2. The summed E-state index contributed by atoms with van der Waals surface area (Å²) in [6, 6.07) is 20.6. The molecule has 2 aromatic carbocycles. The highest BCUT2D eigenvalue weighted by Crippen LogP contribution is 2.49. The van der Waals surface area contributed by atoms with Crippen molar-refractivity contribution in [2.75, 3.05) is 13.2 Å². The van der Waals surface area contributed by atoms with Crippen molar-refractivity contribution in [3.8, 4) is 23.7 Å². The van der Waals surface area contributed by atoms with Gasteiger partial charge in [0.15, 0.2) is 44.8 Å². The smallest absolute Gasteiger partial charge is 0.196 e. The van der Waals surface area contributed by atoms with E-state index in [0.717, 1.165) is 11.1 Å². The summed E-state index contributed by atoms with van der Waals surface area (Å²) >= 11 is 0. The zero-order valence-corrected chi connectivity index (χ0v) is 41.3. The Bertz CT molecular complexity index is 1410. The van der Waals surface area contributed by atoms with Gasteiger partial charge in [0.1, 0.15) is 13.2 Å². The molecule has 0 unspecified atom stereocenters. The third kappa shape index (κ3) is 14.9. The lowest BCUT2D eigenvalue weighted by Gasteiger charge is -2.50. The highest BCUT2D eigenvalue weighted by Gasteiger charge is 2.52. The summed E-state index contributed by atoms with van der Waals surface area (Å²) in [6.45, 7) is 39.8. The third-order valence-corrected chi connectivity index (χ3v) is 20.9. The second kappa shape index (κ2) is 20.1. The van der Waals surface area contributed by atoms with Crippen LogP contribution in [0.3, 0.4) is 0 Å². The minimum Gasteiger partial charge on any atom is -0.388 e. The molecule has 0 aliphatic heterocycles. The largest absolute Gasteiger partial charge is 0.388 e. The van der Waals surface area contributed by atoms with Crippen LogP contribution in [-0.2, 0) is 29.3 Å². The monoisotopic (exact) mass is 812 g/mol. The van der Waals surface area contributed by atoms with Crippen molar-refractivity contribution in [3.05, 3.63) is 71.8 Å². The Balaban J connectivity index is 0.000000540. The minimum atomic E-state index is -2.13. The lowest BCUT2D eigenvalue weighted by atomic mass is 9.91. The van der Waals surface area contributed by atoms with Crippen LogP contribution >= 0.6 is 0 Å². The molecule has 0 aliphatic rings. The summed E-state index contributed by atoms with van der Waals surface area (Å²) in [5.41, 5.74) is 2.10. The zero-order chi connectivity index (χ0) is 41.9. The summed E-state index contributed by atoms with van der Waals surface area (Å²) in [5, 5.41) is 18.2. The van der Waals surface area contributed by atoms with Crippen LogP contribution in [0.25, 0.3) is 0 Å². The van der Waals surface area contributed by atoms with Gasteiger partial charge in [-0.2, -0.15) is 0 Å². The maximum Gasteiger partial charge on any atom is 0.196 e. The summed E-state index contributed by atoms with van der Waals surface area (Å²) in [5.74, 6) is 10.1. The van der Waals surface area contributed by atoms with E-state index in [1.165, 1.54) is 0 Å². The molecule has 0 saturated heterocycles. The molecule has 0 fully saturated rings. The summed E-state index contributed by atoms with van der Waals surface area (Å²) in [7, 11) is -8.16. The Morgan fingerprint density at radius 2 is 0.759 bits per heavy atom. The Kier molecular flexibility index (Phi) is 18.6. The van der Waals surface area contributed by atoms with Crippen LogP contribution < -0.4 is 0 Å². The first-order chi connectivity index (χ1) is 24.5. The molecular formula is C44H76O6Si4. The molecule has 2 aromatic rings. The molecule has 0 spiro atoms. The van der Waals surface area contributed by atoms with E-state index in [1.807, 2.05) is 36.4 Å². The minimum absolute atomic E-state index is 0.0276. The van der Waals surface area contributed by atoms with Gasteiger partial charge in [0, 0.05) is 35.8 Å². The van der Waals surface area contributed by atoms with E-state index in [-0.39, 0.29) is 35.1 Å². The maximum absolute atomic E-state index is 9.06. The second-order valence-corrected chi connectivity index (χ2v) is 37.8. The second-order valence-electron chi connectivity index (χ2n) is 19.5. The molecule has 4 atom stereocenters. The zero-order valence-electron chi connectivity index (χ0n) is 37.3. The lowest BCUT2D eigenvalue weighted by molar-refractivity contribution is -0.176. The quantitative estimate of drug-likeness (QED) is 0.112. The van der Waals surface area contributed by atoms with Gasteiger partial charge in [-0.25, -0.2) is 0 Å². The van der Waals surface area contributed by atoms with Gasteiger partial charge in [-0.05, 0) is 75.5 Å². The molecule has 6 nitrogen and oxygen atoms in total. The number of hydrogen-bond acceptors (Lipinski definition) is 6. The molecule has 10 heteroatoms. The molecule has 0 aliphatic carbocycles. The van der Waals surface area contributed by atoms with Crippen molar-refractivity contribution in [2.45, 2.75) is 155 Å². The third-order valence-electron chi connectivity index (χ3n) is 10.2. The number of aliphatic hydroxyl groups is 2. The number of benzene rings is 2. The fourth-order valence-electron chi connectivity index (χ4n) is 5.39. The van der Waals surface area contributed by atoms with E-state index in [2.05, 4.69) is 169 Å². The number of rotatable bonds is 14. The van der Waals surface area contributed by atoms with E-state index in [9.17, 15) is 0 Å². The first-order valence-electron chi connectivity index (χ1n) is 19.5. The molecule has 54 heavy (non-hydrogen) atoms. The fourth-order valence-corrected chi connectivity index (χ4v) is 11.0. The molecule has 0 bridgehead atoms. The molecule has 0 amide bonds. The molecule has 2 rings (SSSR count). The van der Waals surface area contributed by atoms with Gasteiger partial charge >= 0.3 is 0 Å². The Morgan fingerprint density at radius 3 is 0.981 bits per heavy atom. The van der Waals surface area contributed by atoms with Gasteiger partial charge in [0.05, 0.1) is 0 Å². The van der Waals surface area contributed by atoms with Crippen molar-refractivity contribution in [2.24, 2.45) is 11.8 Å².